The van der Waals surface area contributed by atoms with Crippen LogP contribution in [0, 0.1) is 0 Å². The van der Waals surface area contributed by atoms with Crippen molar-refractivity contribution in [3.05, 3.63) is 0 Å². The molecule has 9 heteroatoms. The van der Waals surface area contributed by atoms with Gasteiger partial charge in [0.2, 0.25) is 0 Å². The lowest BCUT2D eigenvalue weighted by atomic mass is 10.1. The first kappa shape index (κ1) is 35.7. The van der Waals surface area contributed by atoms with Gasteiger partial charge in [-0.1, -0.05) is 129 Å². The van der Waals surface area contributed by atoms with Gasteiger partial charge in [-0.15, -0.1) is 0 Å². The second-order valence-corrected chi connectivity index (χ2v) is 12.9. The van der Waals surface area contributed by atoms with Gasteiger partial charge in [0, 0.05) is 13.1 Å². The first-order valence-corrected chi connectivity index (χ1v) is 17.2. The summed E-state index contributed by atoms with van der Waals surface area (Å²) in [4.78, 5) is 0. The molecule has 1 saturated heterocycles. The van der Waals surface area contributed by atoms with E-state index >= 15 is 0 Å². The van der Waals surface area contributed by atoms with Gasteiger partial charge >= 0.3 is 0 Å². The molecular weight excluding hydrogens is 504 g/mol. The third-order valence-electron chi connectivity index (χ3n) is 7.63. The second kappa shape index (κ2) is 22.4. The van der Waals surface area contributed by atoms with E-state index in [1.807, 2.05) is 0 Å². The molecule has 1 aliphatic rings. The molecule has 4 atom stereocenters. The van der Waals surface area contributed by atoms with Crippen LogP contribution in [0.5, 0.6) is 0 Å². The van der Waals surface area contributed by atoms with Crippen molar-refractivity contribution in [3.8, 4) is 0 Å². The molecule has 4 N–H and O–H groups in total. The maximum atomic E-state index is 13.2. The third kappa shape index (κ3) is 16.1. The molecule has 0 aliphatic carbocycles. The Bertz CT molecular complexity index is 627. The Morgan fingerprint density at radius 3 is 1.39 bits per heavy atom. The molecule has 0 amide bonds. The van der Waals surface area contributed by atoms with Crippen LogP contribution >= 0.6 is 0 Å². The Morgan fingerprint density at radius 2 is 1.00 bits per heavy atom. The summed E-state index contributed by atoms with van der Waals surface area (Å²) in [7, 11) is -3.91. The van der Waals surface area contributed by atoms with E-state index in [4.69, 9.17) is 4.74 Å². The van der Waals surface area contributed by atoms with Gasteiger partial charge in [0.15, 0.2) is 6.23 Å². The zero-order valence-corrected chi connectivity index (χ0v) is 25.3. The number of aliphatic hydroxyl groups is 3. The van der Waals surface area contributed by atoms with Crippen LogP contribution in [0.4, 0.5) is 0 Å². The Labute approximate surface area is 234 Å². The standard InChI is InChI=1S/C29H60N2O6S/c1-3-5-7-9-11-13-15-17-19-21-23-31(24-22-20-18-16-14-12-10-8-6-4-2)38(35,36)30-29-28(34)27(33)26(32)25-37-29/h26-30,32-34H,3-25H2,1-2H3/t26-,27-,28+,29+/m1/s1. The maximum Gasteiger partial charge on any atom is 0.281 e. The highest BCUT2D eigenvalue weighted by Gasteiger charge is 2.40. The summed E-state index contributed by atoms with van der Waals surface area (Å²) in [5.74, 6) is 0. The van der Waals surface area contributed by atoms with Crippen LogP contribution in [0.15, 0.2) is 0 Å². The Hall–Kier alpha value is -0.290. The monoisotopic (exact) mass is 564 g/mol. The average Bonchev–Trinajstić information content (AvgIpc) is 2.89. The van der Waals surface area contributed by atoms with E-state index in [1.165, 1.54) is 94.2 Å². The second-order valence-electron chi connectivity index (χ2n) is 11.2. The zero-order valence-electron chi connectivity index (χ0n) is 24.5. The first-order chi connectivity index (χ1) is 18.3. The molecule has 1 rings (SSSR count). The first-order valence-electron chi connectivity index (χ1n) is 15.8. The number of nitrogens with zero attached hydrogens (tertiary/aromatic N) is 1. The number of aliphatic hydroxyl groups excluding tert-OH is 3. The number of ether oxygens (including phenoxy) is 1. The lowest BCUT2D eigenvalue weighted by Gasteiger charge is -2.36. The van der Waals surface area contributed by atoms with Gasteiger partial charge in [-0.05, 0) is 12.8 Å². The minimum Gasteiger partial charge on any atom is -0.388 e. The average molecular weight is 565 g/mol. The molecule has 8 nitrogen and oxygen atoms in total. The normalized spacial score (nSPS) is 22.4. The molecule has 0 radical (unpaired) electrons. The highest BCUT2D eigenvalue weighted by atomic mass is 32.2. The minimum atomic E-state index is -3.91. The fourth-order valence-electron chi connectivity index (χ4n) is 5.03. The van der Waals surface area contributed by atoms with Gasteiger partial charge in [-0.3, -0.25) is 0 Å². The molecular formula is C29H60N2O6S. The van der Waals surface area contributed by atoms with Gasteiger partial charge in [-0.2, -0.15) is 17.4 Å². The van der Waals surface area contributed by atoms with E-state index in [1.54, 1.807) is 0 Å². The molecule has 1 heterocycles. The van der Waals surface area contributed by atoms with Crippen molar-refractivity contribution in [1.82, 2.24) is 9.03 Å². The zero-order chi connectivity index (χ0) is 28.1. The van der Waals surface area contributed by atoms with E-state index in [0.717, 1.165) is 38.5 Å². The molecule has 0 aromatic heterocycles. The van der Waals surface area contributed by atoms with E-state index < -0.39 is 34.7 Å². The van der Waals surface area contributed by atoms with E-state index in [0.29, 0.717) is 13.1 Å². The van der Waals surface area contributed by atoms with Gasteiger partial charge in [0.25, 0.3) is 10.2 Å². The Kier molecular flexibility index (Phi) is 21.1. The van der Waals surface area contributed by atoms with Gasteiger partial charge in [0.1, 0.15) is 18.3 Å². The van der Waals surface area contributed by atoms with Gasteiger partial charge < -0.3 is 20.1 Å². The van der Waals surface area contributed by atoms with Crippen molar-refractivity contribution >= 4 is 10.2 Å². The Morgan fingerprint density at radius 1 is 0.632 bits per heavy atom. The van der Waals surface area contributed by atoms with Crippen molar-refractivity contribution in [3.63, 3.8) is 0 Å². The summed E-state index contributed by atoms with van der Waals surface area (Å²) < 4.78 is 35.6. The van der Waals surface area contributed by atoms with Crippen molar-refractivity contribution in [2.24, 2.45) is 0 Å². The smallest absolute Gasteiger partial charge is 0.281 e. The fourth-order valence-corrected chi connectivity index (χ4v) is 6.42. The number of nitrogens with one attached hydrogen (secondary N) is 1. The maximum absolute atomic E-state index is 13.2. The molecule has 0 bridgehead atoms. The van der Waals surface area contributed by atoms with Crippen molar-refractivity contribution in [2.75, 3.05) is 19.7 Å². The molecule has 0 spiro atoms. The van der Waals surface area contributed by atoms with Crippen LogP contribution in [0.1, 0.15) is 142 Å². The van der Waals surface area contributed by atoms with Crippen LogP contribution < -0.4 is 4.72 Å². The molecule has 0 aromatic rings. The van der Waals surface area contributed by atoms with Crippen molar-refractivity contribution in [2.45, 2.75) is 167 Å². The quantitative estimate of drug-likeness (QED) is 0.110. The third-order valence-corrected chi connectivity index (χ3v) is 9.20. The predicted octanol–water partition coefficient (Wildman–Crippen LogP) is 5.40. The summed E-state index contributed by atoms with van der Waals surface area (Å²) >= 11 is 0. The fraction of sp³-hybridized carbons (Fsp3) is 1.00. The summed E-state index contributed by atoms with van der Waals surface area (Å²) in [5, 5.41) is 29.8. The SMILES string of the molecule is CCCCCCCCCCCCN(CCCCCCCCCCCC)S(=O)(=O)N[C@H]1OC[C@@H](O)[C@@H](O)[C@@H]1O. The van der Waals surface area contributed by atoms with E-state index in [9.17, 15) is 23.7 Å². The number of rotatable bonds is 25. The van der Waals surface area contributed by atoms with E-state index in [-0.39, 0.29) is 6.61 Å². The number of hydrogen-bond acceptors (Lipinski definition) is 6. The van der Waals surface area contributed by atoms with Crippen LogP contribution in [-0.4, -0.2) is 72.3 Å². The molecule has 1 fully saturated rings. The molecule has 38 heavy (non-hydrogen) atoms. The molecule has 228 valence electrons. The molecule has 0 saturated carbocycles. The number of unbranched alkanes of at least 4 members (excludes halogenated alkanes) is 18. The van der Waals surface area contributed by atoms with Crippen LogP contribution in [0.3, 0.4) is 0 Å². The van der Waals surface area contributed by atoms with Crippen LogP contribution in [0.2, 0.25) is 0 Å². The molecule has 1 aliphatic heterocycles. The summed E-state index contributed by atoms with van der Waals surface area (Å²) in [6.07, 6.45) is 18.2. The van der Waals surface area contributed by atoms with Crippen LogP contribution in [0.25, 0.3) is 0 Å². The lowest BCUT2D eigenvalue weighted by Crippen LogP contribution is -2.60. The van der Waals surface area contributed by atoms with Crippen molar-refractivity contribution < 1.29 is 28.5 Å². The summed E-state index contributed by atoms with van der Waals surface area (Å²) in [5.41, 5.74) is 0. The van der Waals surface area contributed by atoms with Crippen molar-refractivity contribution in [1.29, 1.82) is 0 Å². The van der Waals surface area contributed by atoms with E-state index in [2.05, 4.69) is 18.6 Å². The lowest BCUT2D eigenvalue weighted by molar-refractivity contribution is -0.189. The number of hydrogen-bond donors (Lipinski definition) is 4. The highest BCUT2D eigenvalue weighted by molar-refractivity contribution is 7.87. The molecule has 0 unspecified atom stereocenters. The Balaban J connectivity index is 2.44. The summed E-state index contributed by atoms with van der Waals surface area (Å²) in [6.45, 7) is 5.08. The largest absolute Gasteiger partial charge is 0.388 e. The highest BCUT2D eigenvalue weighted by Crippen LogP contribution is 2.17. The minimum absolute atomic E-state index is 0.234. The van der Waals surface area contributed by atoms with Gasteiger partial charge in [0.05, 0.1) is 6.61 Å². The van der Waals surface area contributed by atoms with Gasteiger partial charge in [-0.25, -0.2) is 0 Å². The summed E-state index contributed by atoms with van der Waals surface area (Å²) in [6, 6.07) is 0. The molecule has 0 aromatic carbocycles. The predicted molar refractivity (Wildman–Crippen MR) is 155 cm³/mol. The van der Waals surface area contributed by atoms with Crippen LogP contribution in [-0.2, 0) is 14.9 Å². The topological polar surface area (TPSA) is 119 Å².